The Labute approximate surface area is 184 Å². The minimum Gasteiger partial charge on any atom is -0.495 e. The van der Waals surface area contributed by atoms with E-state index in [0.717, 1.165) is 67.3 Å². The summed E-state index contributed by atoms with van der Waals surface area (Å²) in [4.78, 5) is 4.60. The molecule has 31 heavy (non-hydrogen) atoms. The average Bonchev–Trinajstić information content (AvgIpc) is 2.78. The maximum atomic E-state index is 12.1. The van der Waals surface area contributed by atoms with Gasteiger partial charge in [-0.05, 0) is 42.2 Å². The number of para-hydroxylation sites is 2. The topological polar surface area (TPSA) is 73.3 Å². The number of anilines is 2. The Morgan fingerprint density at radius 3 is 2.48 bits per heavy atom. The molecule has 0 aromatic heterocycles. The average molecular weight is 446 g/mol. The van der Waals surface area contributed by atoms with Crippen LogP contribution in [-0.2, 0) is 16.4 Å². The molecule has 1 atom stereocenters. The number of ether oxygens (including phenoxy) is 1. The summed E-state index contributed by atoms with van der Waals surface area (Å²) in [5.74, 6) is 0.883. The molecule has 2 aromatic rings. The summed E-state index contributed by atoms with van der Waals surface area (Å²) < 4.78 is 31.1. The fourth-order valence-corrected chi connectivity index (χ4v) is 5.54. The first-order valence-corrected chi connectivity index (χ1v) is 12.6. The molecule has 1 unspecified atom stereocenters. The van der Waals surface area contributed by atoms with E-state index < -0.39 is 16.1 Å². The molecule has 8 heteroatoms. The second kappa shape index (κ2) is 9.06. The molecule has 1 fully saturated rings. The number of methoxy groups -OCH3 is 1. The Morgan fingerprint density at radius 2 is 1.77 bits per heavy atom. The number of aliphatic hydroxyl groups is 1. The molecule has 0 saturated carbocycles. The van der Waals surface area contributed by atoms with Gasteiger partial charge in [0.2, 0.25) is 10.0 Å². The van der Waals surface area contributed by atoms with E-state index in [1.807, 2.05) is 36.4 Å². The van der Waals surface area contributed by atoms with E-state index in [9.17, 15) is 13.5 Å². The van der Waals surface area contributed by atoms with E-state index in [-0.39, 0.29) is 0 Å². The van der Waals surface area contributed by atoms with Crippen molar-refractivity contribution in [3.63, 3.8) is 0 Å². The first-order chi connectivity index (χ1) is 14.9. The van der Waals surface area contributed by atoms with Crippen LogP contribution in [0, 0.1) is 0 Å². The Kier molecular flexibility index (Phi) is 6.41. The molecular weight excluding hydrogens is 414 g/mol. The van der Waals surface area contributed by atoms with Gasteiger partial charge in [-0.1, -0.05) is 24.3 Å². The Morgan fingerprint density at radius 1 is 1.03 bits per heavy atom. The van der Waals surface area contributed by atoms with Crippen LogP contribution < -0.4 is 13.9 Å². The number of benzene rings is 2. The predicted molar refractivity (Wildman–Crippen MR) is 124 cm³/mol. The van der Waals surface area contributed by atoms with Gasteiger partial charge in [-0.15, -0.1) is 0 Å². The lowest BCUT2D eigenvalue weighted by molar-refractivity contribution is 0.109. The molecule has 2 aliphatic heterocycles. The molecule has 2 aromatic carbocycles. The number of hydrogen-bond donors (Lipinski definition) is 1. The summed E-state index contributed by atoms with van der Waals surface area (Å²) in [7, 11) is -1.59. The first kappa shape index (κ1) is 21.9. The Bertz CT molecular complexity index is 1020. The number of β-amino-alcohol motifs (C(OH)–C–C–N with tert-alkyl or cyclic N) is 1. The van der Waals surface area contributed by atoms with Gasteiger partial charge in [0.15, 0.2) is 0 Å². The van der Waals surface area contributed by atoms with Crippen LogP contribution in [0.4, 0.5) is 11.4 Å². The summed E-state index contributed by atoms with van der Waals surface area (Å²) in [5.41, 5.74) is 3.70. The van der Waals surface area contributed by atoms with Crippen molar-refractivity contribution >= 4 is 21.4 Å². The van der Waals surface area contributed by atoms with Gasteiger partial charge >= 0.3 is 0 Å². The maximum Gasteiger partial charge on any atom is 0.232 e. The summed E-state index contributed by atoms with van der Waals surface area (Å²) in [6.07, 6.45) is 2.27. The molecule has 0 spiro atoms. The minimum absolute atomic E-state index is 0.518. The van der Waals surface area contributed by atoms with E-state index >= 15 is 0 Å². The fraction of sp³-hybridized carbons (Fsp3) is 0.478. The second-order valence-corrected chi connectivity index (χ2v) is 10.2. The van der Waals surface area contributed by atoms with Crippen molar-refractivity contribution in [1.82, 2.24) is 4.90 Å². The number of rotatable bonds is 6. The standard InChI is InChI=1S/C23H31N3O4S/c1-30-23-8-4-3-7-21(23)25-14-12-24(13-15-25)17-22(27)19-9-10-20-18(16-19)6-5-11-26(20)31(2,28)29/h3-4,7-10,16,22,27H,5-6,11-15,17H2,1-2H3. The van der Waals surface area contributed by atoms with E-state index in [2.05, 4.69) is 15.9 Å². The van der Waals surface area contributed by atoms with Crippen molar-refractivity contribution in [2.75, 3.05) is 61.8 Å². The number of sulfonamides is 1. The summed E-state index contributed by atoms with van der Waals surface area (Å²) in [5, 5.41) is 10.9. The normalized spacial score (nSPS) is 18.5. The number of aliphatic hydroxyl groups excluding tert-OH is 1. The smallest absolute Gasteiger partial charge is 0.232 e. The highest BCUT2D eigenvalue weighted by molar-refractivity contribution is 7.92. The fourth-order valence-electron chi connectivity index (χ4n) is 4.55. The molecule has 2 aliphatic rings. The third kappa shape index (κ3) is 4.81. The van der Waals surface area contributed by atoms with Crippen molar-refractivity contribution < 1.29 is 18.3 Å². The van der Waals surface area contributed by atoms with Gasteiger partial charge < -0.3 is 14.7 Å². The Hall–Kier alpha value is -2.29. The summed E-state index contributed by atoms with van der Waals surface area (Å²) in [6.45, 7) is 4.56. The zero-order valence-corrected chi connectivity index (χ0v) is 19.0. The lowest BCUT2D eigenvalue weighted by Crippen LogP contribution is -2.47. The quantitative estimate of drug-likeness (QED) is 0.735. The maximum absolute atomic E-state index is 12.1. The summed E-state index contributed by atoms with van der Waals surface area (Å²) >= 11 is 0. The highest BCUT2D eigenvalue weighted by atomic mass is 32.2. The van der Waals surface area contributed by atoms with Gasteiger partial charge in [0.25, 0.3) is 0 Å². The van der Waals surface area contributed by atoms with Crippen LogP contribution in [0.25, 0.3) is 0 Å². The molecule has 4 rings (SSSR count). The molecule has 7 nitrogen and oxygen atoms in total. The molecular formula is C23H31N3O4S. The highest BCUT2D eigenvalue weighted by Gasteiger charge is 2.26. The SMILES string of the molecule is COc1ccccc1N1CCN(CC(O)c2ccc3c(c2)CCCN3S(C)(=O)=O)CC1. The molecule has 1 saturated heterocycles. The number of nitrogens with zero attached hydrogens (tertiary/aromatic N) is 3. The zero-order valence-electron chi connectivity index (χ0n) is 18.2. The van der Waals surface area contributed by atoms with Crippen molar-refractivity contribution in [2.24, 2.45) is 0 Å². The molecule has 168 valence electrons. The first-order valence-electron chi connectivity index (χ1n) is 10.8. The van der Waals surface area contributed by atoms with Gasteiger partial charge in [0.1, 0.15) is 5.75 Å². The number of aryl methyl sites for hydroxylation is 1. The van der Waals surface area contributed by atoms with Crippen molar-refractivity contribution in [3.05, 3.63) is 53.6 Å². The van der Waals surface area contributed by atoms with Crippen LogP contribution in [0.3, 0.4) is 0 Å². The molecule has 2 heterocycles. The number of hydrogen-bond acceptors (Lipinski definition) is 6. The molecule has 0 aliphatic carbocycles. The summed E-state index contributed by atoms with van der Waals surface area (Å²) in [6, 6.07) is 13.7. The van der Waals surface area contributed by atoms with Gasteiger partial charge in [-0.25, -0.2) is 8.42 Å². The van der Waals surface area contributed by atoms with Crippen molar-refractivity contribution in [2.45, 2.75) is 18.9 Å². The highest BCUT2D eigenvalue weighted by Crippen LogP contribution is 2.32. The lowest BCUT2D eigenvalue weighted by Gasteiger charge is -2.37. The van der Waals surface area contributed by atoms with E-state index in [1.54, 1.807) is 7.11 Å². The van der Waals surface area contributed by atoms with Crippen LogP contribution >= 0.6 is 0 Å². The molecule has 0 amide bonds. The second-order valence-electron chi connectivity index (χ2n) is 8.30. The van der Waals surface area contributed by atoms with Gasteiger partial charge in [0.05, 0.1) is 30.8 Å². The van der Waals surface area contributed by atoms with Crippen LogP contribution in [0.2, 0.25) is 0 Å². The minimum atomic E-state index is -3.28. The monoisotopic (exact) mass is 445 g/mol. The van der Waals surface area contributed by atoms with E-state index in [4.69, 9.17) is 4.74 Å². The van der Waals surface area contributed by atoms with Gasteiger partial charge in [0, 0.05) is 39.3 Å². The number of piperazine rings is 1. The number of fused-ring (bicyclic) bond motifs is 1. The van der Waals surface area contributed by atoms with Crippen molar-refractivity contribution in [1.29, 1.82) is 0 Å². The van der Waals surface area contributed by atoms with Crippen molar-refractivity contribution in [3.8, 4) is 5.75 Å². The Balaban J connectivity index is 1.39. The van der Waals surface area contributed by atoms with Crippen LogP contribution in [0.15, 0.2) is 42.5 Å². The van der Waals surface area contributed by atoms with Gasteiger partial charge in [-0.3, -0.25) is 9.21 Å². The third-order valence-electron chi connectivity index (χ3n) is 6.19. The predicted octanol–water partition coefficient (Wildman–Crippen LogP) is 2.26. The van der Waals surface area contributed by atoms with E-state index in [0.29, 0.717) is 13.1 Å². The van der Waals surface area contributed by atoms with Crippen LogP contribution in [0.1, 0.15) is 23.7 Å². The van der Waals surface area contributed by atoms with Gasteiger partial charge in [-0.2, -0.15) is 0 Å². The lowest BCUT2D eigenvalue weighted by atomic mass is 9.98. The largest absolute Gasteiger partial charge is 0.495 e. The molecule has 0 radical (unpaired) electrons. The van der Waals surface area contributed by atoms with Crippen LogP contribution in [-0.4, -0.2) is 71.1 Å². The zero-order chi connectivity index (χ0) is 22.0. The van der Waals surface area contributed by atoms with Crippen LogP contribution in [0.5, 0.6) is 5.75 Å². The van der Waals surface area contributed by atoms with E-state index in [1.165, 1.54) is 10.6 Å². The third-order valence-corrected chi connectivity index (χ3v) is 7.37. The molecule has 0 bridgehead atoms. The molecule has 1 N–H and O–H groups in total.